The number of benzene rings is 1. The van der Waals surface area contributed by atoms with Crippen LogP contribution in [0.15, 0.2) is 30.3 Å². The minimum Gasteiger partial charge on any atom is -0.330 e. The van der Waals surface area contributed by atoms with Crippen molar-refractivity contribution in [3.05, 3.63) is 35.9 Å². The summed E-state index contributed by atoms with van der Waals surface area (Å²) in [6.45, 7) is 4.79. The smallest absolute Gasteiger partial charge is 0.00863 e. The van der Waals surface area contributed by atoms with Crippen molar-refractivity contribution in [1.82, 2.24) is 5.32 Å². The second-order valence-electron chi connectivity index (χ2n) is 3.15. The third kappa shape index (κ3) is 3.17. The van der Waals surface area contributed by atoms with Crippen LogP contribution in [-0.4, -0.2) is 19.6 Å². The van der Waals surface area contributed by atoms with Gasteiger partial charge in [-0.2, -0.15) is 0 Å². The molecule has 0 saturated heterocycles. The van der Waals surface area contributed by atoms with Crippen molar-refractivity contribution in [2.45, 2.75) is 12.8 Å². The molecule has 2 heteroatoms. The van der Waals surface area contributed by atoms with E-state index in [4.69, 9.17) is 5.73 Å². The lowest BCUT2D eigenvalue weighted by molar-refractivity contribution is 0.604. The predicted octanol–water partition coefficient (Wildman–Crippen LogP) is 1.34. The van der Waals surface area contributed by atoms with Crippen LogP contribution in [0.3, 0.4) is 0 Å². The van der Waals surface area contributed by atoms with E-state index in [0.717, 1.165) is 13.1 Å². The molecule has 0 spiro atoms. The second-order valence-corrected chi connectivity index (χ2v) is 3.15. The third-order valence-electron chi connectivity index (χ3n) is 2.20. The van der Waals surface area contributed by atoms with Gasteiger partial charge in [-0.3, -0.25) is 0 Å². The summed E-state index contributed by atoms with van der Waals surface area (Å²) in [5.41, 5.74) is 7.03. The highest BCUT2D eigenvalue weighted by Gasteiger charge is 2.07. The van der Waals surface area contributed by atoms with Crippen LogP contribution < -0.4 is 11.1 Å². The van der Waals surface area contributed by atoms with Crippen molar-refractivity contribution in [2.24, 2.45) is 5.73 Å². The Balaban J connectivity index is 2.56. The maximum atomic E-state index is 5.71. The van der Waals surface area contributed by atoms with Crippen LogP contribution in [0.4, 0.5) is 0 Å². The first-order valence-corrected chi connectivity index (χ1v) is 4.84. The van der Waals surface area contributed by atoms with Crippen LogP contribution in [0.1, 0.15) is 18.4 Å². The minimum absolute atomic E-state index is 0.446. The van der Waals surface area contributed by atoms with Gasteiger partial charge in [0.1, 0.15) is 0 Å². The van der Waals surface area contributed by atoms with Crippen molar-refractivity contribution in [1.29, 1.82) is 0 Å². The van der Waals surface area contributed by atoms with Crippen LogP contribution in [0.2, 0.25) is 0 Å². The van der Waals surface area contributed by atoms with Crippen LogP contribution >= 0.6 is 0 Å². The van der Waals surface area contributed by atoms with E-state index in [1.165, 1.54) is 5.56 Å². The van der Waals surface area contributed by atoms with Crippen molar-refractivity contribution in [3.63, 3.8) is 0 Å². The van der Waals surface area contributed by atoms with E-state index >= 15 is 0 Å². The van der Waals surface area contributed by atoms with Crippen molar-refractivity contribution in [2.75, 3.05) is 19.6 Å². The van der Waals surface area contributed by atoms with Gasteiger partial charge in [0.2, 0.25) is 0 Å². The highest BCUT2D eigenvalue weighted by atomic mass is 14.9. The van der Waals surface area contributed by atoms with Gasteiger partial charge < -0.3 is 11.1 Å². The van der Waals surface area contributed by atoms with Crippen molar-refractivity contribution in [3.8, 4) is 0 Å². The van der Waals surface area contributed by atoms with Crippen LogP contribution in [0, 0.1) is 0 Å². The molecular formula is C11H18N2. The summed E-state index contributed by atoms with van der Waals surface area (Å²) in [5, 5.41) is 3.32. The number of nitrogens with two attached hydrogens (primary N) is 1. The van der Waals surface area contributed by atoms with E-state index in [-0.39, 0.29) is 0 Å². The molecule has 0 bridgehead atoms. The number of likely N-dealkylation sites (N-methyl/N-ethyl adjacent to an activating group) is 1. The van der Waals surface area contributed by atoms with Gasteiger partial charge in [0.15, 0.2) is 0 Å². The minimum atomic E-state index is 0.446. The predicted molar refractivity (Wildman–Crippen MR) is 56.8 cm³/mol. The van der Waals surface area contributed by atoms with Gasteiger partial charge in [-0.15, -0.1) is 0 Å². The lowest BCUT2D eigenvalue weighted by Crippen LogP contribution is -2.26. The van der Waals surface area contributed by atoms with E-state index in [0.29, 0.717) is 12.5 Å². The molecule has 1 aromatic carbocycles. The number of rotatable bonds is 5. The summed E-state index contributed by atoms with van der Waals surface area (Å²) in [4.78, 5) is 0. The molecule has 0 amide bonds. The molecule has 1 unspecified atom stereocenters. The zero-order valence-corrected chi connectivity index (χ0v) is 8.16. The quantitative estimate of drug-likeness (QED) is 0.714. The lowest BCUT2D eigenvalue weighted by atomic mass is 9.99. The molecule has 0 radical (unpaired) electrons. The Morgan fingerprint density at radius 1 is 1.31 bits per heavy atom. The van der Waals surface area contributed by atoms with Gasteiger partial charge >= 0.3 is 0 Å². The van der Waals surface area contributed by atoms with Gasteiger partial charge in [0.05, 0.1) is 0 Å². The first-order valence-electron chi connectivity index (χ1n) is 4.84. The Kier molecular flexibility index (Phi) is 4.50. The molecule has 3 N–H and O–H groups in total. The van der Waals surface area contributed by atoms with E-state index in [9.17, 15) is 0 Å². The molecule has 0 aromatic heterocycles. The fraction of sp³-hybridized carbons (Fsp3) is 0.455. The normalized spacial score (nSPS) is 12.8. The molecule has 0 fully saturated rings. The average Bonchev–Trinajstić information content (AvgIpc) is 2.21. The van der Waals surface area contributed by atoms with E-state index in [1.54, 1.807) is 0 Å². The molecule has 0 saturated carbocycles. The summed E-state index contributed by atoms with van der Waals surface area (Å²) in [6.07, 6.45) is 0. The standard InChI is InChI=1S/C11H18N2/c1-2-13-9-11(8-12)10-6-4-3-5-7-10/h3-7,11,13H,2,8-9,12H2,1H3. The zero-order chi connectivity index (χ0) is 9.52. The summed E-state index contributed by atoms with van der Waals surface area (Å²) < 4.78 is 0. The van der Waals surface area contributed by atoms with Crippen molar-refractivity contribution >= 4 is 0 Å². The van der Waals surface area contributed by atoms with Gasteiger partial charge in [0.25, 0.3) is 0 Å². The van der Waals surface area contributed by atoms with E-state index in [2.05, 4.69) is 36.5 Å². The maximum absolute atomic E-state index is 5.71. The highest BCUT2D eigenvalue weighted by molar-refractivity contribution is 5.20. The number of nitrogens with one attached hydrogen (secondary N) is 1. The van der Waals surface area contributed by atoms with Gasteiger partial charge in [-0.25, -0.2) is 0 Å². The number of hydrogen-bond acceptors (Lipinski definition) is 2. The third-order valence-corrected chi connectivity index (χ3v) is 2.20. The topological polar surface area (TPSA) is 38.0 Å². The molecule has 72 valence electrons. The van der Waals surface area contributed by atoms with Gasteiger partial charge in [-0.1, -0.05) is 37.3 Å². The molecule has 0 heterocycles. The van der Waals surface area contributed by atoms with Gasteiger partial charge in [-0.05, 0) is 12.1 Å². The Hall–Kier alpha value is -0.860. The number of hydrogen-bond donors (Lipinski definition) is 2. The van der Waals surface area contributed by atoms with Crippen LogP contribution in [-0.2, 0) is 0 Å². The molecular weight excluding hydrogens is 160 g/mol. The first kappa shape index (κ1) is 10.2. The maximum Gasteiger partial charge on any atom is 0.00863 e. The summed E-state index contributed by atoms with van der Waals surface area (Å²) in [5.74, 6) is 0.446. The molecule has 0 aliphatic rings. The Morgan fingerprint density at radius 3 is 2.54 bits per heavy atom. The fourth-order valence-electron chi connectivity index (χ4n) is 1.38. The first-order chi connectivity index (χ1) is 6.38. The molecule has 0 aliphatic carbocycles. The molecule has 0 aliphatic heterocycles. The Morgan fingerprint density at radius 2 is 2.00 bits per heavy atom. The van der Waals surface area contributed by atoms with Gasteiger partial charge in [0, 0.05) is 19.0 Å². The zero-order valence-electron chi connectivity index (χ0n) is 8.16. The summed E-state index contributed by atoms with van der Waals surface area (Å²) in [7, 11) is 0. The van der Waals surface area contributed by atoms with Crippen LogP contribution in [0.5, 0.6) is 0 Å². The molecule has 1 atom stereocenters. The van der Waals surface area contributed by atoms with E-state index < -0.39 is 0 Å². The second kappa shape index (κ2) is 5.73. The Bertz CT molecular complexity index is 221. The molecule has 13 heavy (non-hydrogen) atoms. The monoisotopic (exact) mass is 178 g/mol. The molecule has 1 rings (SSSR count). The lowest BCUT2D eigenvalue weighted by Gasteiger charge is -2.14. The van der Waals surface area contributed by atoms with Crippen molar-refractivity contribution < 1.29 is 0 Å². The SMILES string of the molecule is CCNCC(CN)c1ccccc1. The largest absolute Gasteiger partial charge is 0.330 e. The van der Waals surface area contributed by atoms with E-state index in [1.807, 2.05) is 6.07 Å². The fourth-order valence-corrected chi connectivity index (χ4v) is 1.38. The molecule has 2 nitrogen and oxygen atoms in total. The highest BCUT2D eigenvalue weighted by Crippen LogP contribution is 2.12. The molecule has 1 aromatic rings. The Labute approximate surface area is 80.1 Å². The average molecular weight is 178 g/mol. The van der Waals surface area contributed by atoms with Crippen LogP contribution in [0.25, 0.3) is 0 Å². The summed E-state index contributed by atoms with van der Waals surface area (Å²) >= 11 is 0. The summed E-state index contributed by atoms with van der Waals surface area (Å²) in [6, 6.07) is 10.4.